The van der Waals surface area contributed by atoms with Gasteiger partial charge in [0.15, 0.2) is 11.5 Å². The van der Waals surface area contributed by atoms with Crippen LogP contribution in [0.25, 0.3) is 0 Å². The molecule has 30 heavy (non-hydrogen) atoms. The van der Waals surface area contributed by atoms with Gasteiger partial charge in [-0.25, -0.2) is 4.79 Å². The van der Waals surface area contributed by atoms with E-state index in [-0.39, 0.29) is 5.91 Å². The number of esters is 1. The van der Waals surface area contributed by atoms with Crippen LogP contribution in [0.5, 0.6) is 11.5 Å². The third kappa shape index (κ3) is 7.43. The maximum absolute atomic E-state index is 12.4. The summed E-state index contributed by atoms with van der Waals surface area (Å²) in [5, 5.41) is 2.83. The summed E-state index contributed by atoms with van der Waals surface area (Å²) in [4.78, 5) is 24.2. The summed E-state index contributed by atoms with van der Waals surface area (Å²) in [5.74, 6) is 0.901. The summed E-state index contributed by atoms with van der Waals surface area (Å²) in [6.45, 7) is 7.31. The van der Waals surface area contributed by atoms with Crippen molar-refractivity contribution < 1.29 is 23.8 Å². The van der Waals surface area contributed by atoms with Crippen LogP contribution in [0.15, 0.2) is 42.5 Å². The number of hydrogen-bond donors (Lipinski definition) is 1. The molecule has 2 rings (SSSR count). The minimum absolute atomic E-state index is 0.128. The lowest BCUT2D eigenvalue weighted by Gasteiger charge is -2.13. The Morgan fingerprint density at radius 2 is 1.77 bits per heavy atom. The molecule has 0 aliphatic carbocycles. The van der Waals surface area contributed by atoms with E-state index in [1.807, 2.05) is 25.1 Å². The van der Waals surface area contributed by atoms with Gasteiger partial charge >= 0.3 is 5.97 Å². The Labute approximate surface area is 178 Å². The summed E-state index contributed by atoms with van der Waals surface area (Å²) in [6, 6.07) is 12.5. The Morgan fingerprint density at radius 3 is 2.50 bits per heavy atom. The van der Waals surface area contributed by atoms with Crippen molar-refractivity contribution in [2.75, 3.05) is 25.1 Å². The molecule has 0 aliphatic heterocycles. The summed E-state index contributed by atoms with van der Waals surface area (Å²) < 4.78 is 16.5. The smallest absolute Gasteiger partial charge is 0.338 e. The molecule has 0 aromatic heterocycles. The van der Waals surface area contributed by atoms with Crippen molar-refractivity contribution in [2.24, 2.45) is 0 Å². The van der Waals surface area contributed by atoms with Gasteiger partial charge in [-0.3, -0.25) is 4.79 Å². The number of amides is 1. The lowest BCUT2D eigenvalue weighted by atomic mass is 10.1. The van der Waals surface area contributed by atoms with Crippen molar-refractivity contribution in [1.29, 1.82) is 0 Å². The topological polar surface area (TPSA) is 73.9 Å². The van der Waals surface area contributed by atoms with E-state index >= 15 is 0 Å². The minimum Gasteiger partial charge on any atom is -0.490 e. The molecule has 0 unspecified atom stereocenters. The van der Waals surface area contributed by atoms with Crippen molar-refractivity contribution in [3.63, 3.8) is 0 Å². The molecule has 0 bridgehead atoms. The summed E-state index contributed by atoms with van der Waals surface area (Å²) >= 11 is 0. The molecule has 1 N–H and O–H groups in total. The Hall–Kier alpha value is -3.02. The van der Waals surface area contributed by atoms with Crippen LogP contribution in [0.1, 0.15) is 56.0 Å². The van der Waals surface area contributed by atoms with Gasteiger partial charge in [-0.1, -0.05) is 25.5 Å². The highest BCUT2D eigenvalue weighted by molar-refractivity contribution is 5.94. The molecule has 6 heteroatoms. The third-order valence-electron chi connectivity index (χ3n) is 4.36. The van der Waals surface area contributed by atoms with Gasteiger partial charge in [0.05, 0.1) is 25.4 Å². The van der Waals surface area contributed by atoms with E-state index < -0.39 is 5.97 Å². The van der Waals surface area contributed by atoms with Gasteiger partial charge in [0.1, 0.15) is 0 Å². The van der Waals surface area contributed by atoms with Crippen molar-refractivity contribution in [3.8, 4) is 11.5 Å². The Morgan fingerprint density at radius 1 is 0.933 bits per heavy atom. The van der Waals surface area contributed by atoms with Gasteiger partial charge in [0, 0.05) is 12.1 Å². The number of rotatable bonds is 12. The van der Waals surface area contributed by atoms with E-state index in [9.17, 15) is 9.59 Å². The molecule has 162 valence electrons. The molecule has 1 amide bonds. The number of benzene rings is 2. The van der Waals surface area contributed by atoms with Crippen LogP contribution in [0.2, 0.25) is 0 Å². The lowest BCUT2D eigenvalue weighted by Crippen LogP contribution is -2.13. The fraction of sp³-hybridized carbons (Fsp3) is 0.417. The first-order valence-corrected chi connectivity index (χ1v) is 10.5. The second-order valence-electron chi connectivity index (χ2n) is 6.77. The second kappa shape index (κ2) is 12.5. The number of nitrogens with one attached hydrogen (secondary N) is 1. The monoisotopic (exact) mass is 413 g/mol. The number of anilines is 1. The highest BCUT2D eigenvalue weighted by Gasteiger charge is 2.11. The SMILES string of the molecule is CCCCOc1ccc(CCC(=O)Nc2cccc(C(=O)OCC)c2)cc1OCC. The van der Waals surface area contributed by atoms with Crippen LogP contribution in [-0.4, -0.2) is 31.7 Å². The molecule has 0 aliphatic rings. The maximum Gasteiger partial charge on any atom is 0.338 e. The van der Waals surface area contributed by atoms with Gasteiger partial charge in [-0.2, -0.15) is 0 Å². The van der Waals surface area contributed by atoms with Crippen LogP contribution in [0.4, 0.5) is 5.69 Å². The van der Waals surface area contributed by atoms with Crippen LogP contribution in [-0.2, 0) is 16.0 Å². The Balaban J connectivity index is 1.94. The van der Waals surface area contributed by atoms with Gasteiger partial charge in [-0.05, 0) is 62.6 Å². The molecular weight excluding hydrogens is 382 g/mol. The molecule has 2 aromatic rings. The van der Waals surface area contributed by atoms with Crippen molar-refractivity contribution >= 4 is 17.6 Å². The standard InChI is InChI=1S/C24H31NO5/c1-4-7-15-30-21-13-11-18(16-22(21)28-5-2)12-14-23(26)25-20-10-8-9-19(17-20)24(27)29-6-3/h8-11,13,16-17H,4-7,12,14-15H2,1-3H3,(H,25,26). The Bertz CT molecular complexity index is 834. The highest BCUT2D eigenvalue weighted by atomic mass is 16.5. The quantitative estimate of drug-likeness (QED) is 0.391. The minimum atomic E-state index is -0.404. The molecular formula is C24H31NO5. The van der Waals surface area contributed by atoms with E-state index in [1.165, 1.54) is 0 Å². The van der Waals surface area contributed by atoms with Gasteiger partial charge in [-0.15, -0.1) is 0 Å². The van der Waals surface area contributed by atoms with E-state index in [4.69, 9.17) is 14.2 Å². The van der Waals surface area contributed by atoms with E-state index in [1.54, 1.807) is 31.2 Å². The second-order valence-corrected chi connectivity index (χ2v) is 6.77. The molecule has 0 radical (unpaired) electrons. The predicted octanol–water partition coefficient (Wildman–Crippen LogP) is 5.01. The van der Waals surface area contributed by atoms with Crippen molar-refractivity contribution in [3.05, 3.63) is 53.6 Å². The fourth-order valence-electron chi connectivity index (χ4n) is 2.84. The number of carbonyl (C=O) groups excluding carboxylic acids is 2. The number of aryl methyl sites for hydroxylation is 1. The first-order chi connectivity index (χ1) is 14.6. The number of unbranched alkanes of at least 4 members (excludes halogenated alkanes) is 1. The molecule has 0 spiro atoms. The lowest BCUT2D eigenvalue weighted by molar-refractivity contribution is -0.116. The van der Waals surface area contributed by atoms with Gasteiger partial charge in [0.2, 0.25) is 5.91 Å². The number of carbonyl (C=O) groups is 2. The molecule has 0 atom stereocenters. The van der Waals surface area contributed by atoms with Crippen molar-refractivity contribution in [1.82, 2.24) is 0 Å². The molecule has 0 heterocycles. The third-order valence-corrected chi connectivity index (χ3v) is 4.36. The number of ether oxygens (including phenoxy) is 3. The van der Waals surface area contributed by atoms with E-state index in [0.29, 0.717) is 49.7 Å². The summed E-state index contributed by atoms with van der Waals surface area (Å²) in [7, 11) is 0. The molecule has 0 saturated carbocycles. The van der Waals surface area contributed by atoms with E-state index in [2.05, 4.69) is 12.2 Å². The van der Waals surface area contributed by atoms with E-state index in [0.717, 1.165) is 24.2 Å². The first-order valence-electron chi connectivity index (χ1n) is 10.5. The predicted molar refractivity (Wildman–Crippen MR) is 117 cm³/mol. The van der Waals surface area contributed by atoms with Crippen LogP contribution >= 0.6 is 0 Å². The molecule has 0 fully saturated rings. The molecule has 2 aromatic carbocycles. The molecule has 0 saturated heterocycles. The summed E-state index contributed by atoms with van der Waals surface area (Å²) in [5.41, 5.74) is 1.98. The zero-order valence-corrected chi connectivity index (χ0v) is 18.0. The Kier molecular flexibility index (Phi) is 9.71. The zero-order chi connectivity index (χ0) is 21.8. The average Bonchev–Trinajstić information content (AvgIpc) is 2.74. The highest BCUT2D eigenvalue weighted by Crippen LogP contribution is 2.29. The van der Waals surface area contributed by atoms with Crippen LogP contribution in [0.3, 0.4) is 0 Å². The van der Waals surface area contributed by atoms with Crippen molar-refractivity contribution in [2.45, 2.75) is 46.5 Å². The normalized spacial score (nSPS) is 10.4. The average molecular weight is 414 g/mol. The fourth-order valence-corrected chi connectivity index (χ4v) is 2.84. The van der Waals surface area contributed by atoms with Gasteiger partial charge < -0.3 is 19.5 Å². The maximum atomic E-state index is 12.4. The zero-order valence-electron chi connectivity index (χ0n) is 18.0. The largest absolute Gasteiger partial charge is 0.490 e. The molecule has 6 nitrogen and oxygen atoms in total. The summed E-state index contributed by atoms with van der Waals surface area (Å²) in [6.07, 6.45) is 2.94. The van der Waals surface area contributed by atoms with Gasteiger partial charge in [0.25, 0.3) is 0 Å². The number of hydrogen-bond acceptors (Lipinski definition) is 5. The first kappa shape index (κ1) is 23.3. The van der Waals surface area contributed by atoms with Crippen LogP contribution < -0.4 is 14.8 Å². The van der Waals surface area contributed by atoms with Crippen LogP contribution in [0, 0.1) is 0 Å².